The van der Waals surface area contributed by atoms with Gasteiger partial charge in [0.15, 0.2) is 17.4 Å². The van der Waals surface area contributed by atoms with E-state index in [1.54, 1.807) is 0 Å². The van der Waals surface area contributed by atoms with Crippen molar-refractivity contribution in [2.24, 2.45) is 5.92 Å². The maximum absolute atomic E-state index is 13.9. The molecule has 1 atom stereocenters. The summed E-state index contributed by atoms with van der Waals surface area (Å²) in [7, 11) is 0. The first kappa shape index (κ1) is 15.2. The summed E-state index contributed by atoms with van der Waals surface area (Å²) in [6.07, 6.45) is 0.875. The van der Waals surface area contributed by atoms with Crippen molar-refractivity contribution in [1.29, 1.82) is 0 Å². The maximum atomic E-state index is 13.9. The summed E-state index contributed by atoms with van der Waals surface area (Å²) in [5.74, 6) is -1.37. The Balaban J connectivity index is 1.98. The molecule has 0 saturated carbocycles. The summed E-state index contributed by atoms with van der Waals surface area (Å²) >= 11 is 0. The van der Waals surface area contributed by atoms with Crippen molar-refractivity contribution in [3.63, 3.8) is 0 Å². The lowest BCUT2D eigenvalue weighted by Gasteiger charge is -2.13. The lowest BCUT2D eigenvalue weighted by atomic mass is 10.1. The summed E-state index contributed by atoms with van der Waals surface area (Å²) in [6, 6.07) is 2.90. The molecule has 1 aliphatic rings. The van der Waals surface area contributed by atoms with E-state index in [9.17, 15) is 8.78 Å². The van der Waals surface area contributed by atoms with E-state index in [4.69, 9.17) is 9.47 Å². The summed E-state index contributed by atoms with van der Waals surface area (Å²) in [6.45, 7) is 5.97. The number of benzene rings is 1. The smallest absolute Gasteiger partial charge is 0.190 e. The SMILES string of the molecule is CC(C)NCc1cc(F)c(OCC2CCOC2)c(F)c1. The molecule has 0 bridgehead atoms. The van der Waals surface area contributed by atoms with Crippen LogP contribution >= 0.6 is 0 Å². The minimum absolute atomic E-state index is 0.219. The topological polar surface area (TPSA) is 30.5 Å². The molecule has 1 aromatic carbocycles. The van der Waals surface area contributed by atoms with Crippen LogP contribution in [0.15, 0.2) is 12.1 Å². The van der Waals surface area contributed by atoms with E-state index in [1.165, 1.54) is 12.1 Å². The van der Waals surface area contributed by atoms with Crippen LogP contribution in [-0.2, 0) is 11.3 Å². The third kappa shape index (κ3) is 4.15. The normalized spacial score (nSPS) is 18.8. The predicted molar refractivity (Wildman–Crippen MR) is 72.8 cm³/mol. The van der Waals surface area contributed by atoms with Gasteiger partial charge in [0.2, 0.25) is 0 Å². The van der Waals surface area contributed by atoms with Gasteiger partial charge >= 0.3 is 0 Å². The lowest BCUT2D eigenvalue weighted by molar-refractivity contribution is 0.163. The molecule has 0 spiro atoms. The minimum Gasteiger partial charge on any atom is -0.487 e. The molecule has 0 radical (unpaired) electrons. The largest absolute Gasteiger partial charge is 0.487 e. The number of nitrogens with one attached hydrogen (secondary N) is 1. The van der Waals surface area contributed by atoms with E-state index < -0.39 is 11.6 Å². The fraction of sp³-hybridized carbons (Fsp3) is 0.600. The summed E-state index contributed by atoms with van der Waals surface area (Å²) < 4.78 is 38.3. The number of hydrogen-bond donors (Lipinski definition) is 1. The van der Waals surface area contributed by atoms with Crippen molar-refractivity contribution in [2.45, 2.75) is 32.9 Å². The van der Waals surface area contributed by atoms with Crippen LogP contribution in [0.4, 0.5) is 8.78 Å². The molecule has 0 amide bonds. The highest BCUT2D eigenvalue weighted by Gasteiger charge is 2.19. The van der Waals surface area contributed by atoms with E-state index in [1.807, 2.05) is 13.8 Å². The van der Waals surface area contributed by atoms with E-state index in [0.29, 0.717) is 25.3 Å². The molecule has 1 heterocycles. The van der Waals surface area contributed by atoms with E-state index in [-0.39, 0.29) is 24.3 Å². The Morgan fingerprint density at radius 3 is 2.60 bits per heavy atom. The second-order valence-corrected chi connectivity index (χ2v) is 5.46. The van der Waals surface area contributed by atoms with Crippen molar-refractivity contribution in [1.82, 2.24) is 5.32 Å². The molecule has 1 unspecified atom stereocenters. The molecule has 2 rings (SSSR count). The quantitative estimate of drug-likeness (QED) is 0.872. The molecule has 0 aromatic heterocycles. The van der Waals surface area contributed by atoms with Crippen LogP contribution in [0.2, 0.25) is 0 Å². The van der Waals surface area contributed by atoms with Crippen molar-refractivity contribution < 1.29 is 18.3 Å². The third-order valence-electron chi connectivity index (χ3n) is 3.26. The van der Waals surface area contributed by atoms with Crippen molar-refractivity contribution in [3.8, 4) is 5.75 Å². The maximum Gasteiger partial charge on any atom is 0.190 e. The molecule has 1 saturated heterocycles. The van der Waals surface area contributed by atoms with Gasteiger partial charge in [0.05, 0.1) is 13.2 Å². The fourth-order valence-corrected chi connectivity index (χ4v) is 2.09. The summed E-state index contributed by atoms with van der Waals surface area (Å²) in [4.78, 5) is 0. The average Bonchev–Trinajstić information content (AvgIpc) is 2.88. The minimum atomic E-state index is -0.649. The molecule has 0 aliphatic carbocycles. The lowest BCUT2D eigenvalue weighted by Crippen LogP contribution is -2.22. The first-order valence-electron chi connectivity index (χ1n) is 6.98. The Hall–Kier alpha value is -1.20. The Labute approximate surface area is 118 Å². The Morgan fingerprint density at radius 2 is 2.05 bits per heavy atom. The van der Waals surface area contributed by atoms with E-state index in [0.717, 1.165) is 6.42 Å². The van der Waals surface area contributed by atoms with Crippen LogP contribution in [0.5, 0.6) is 5.75 Å². The zero-order valence-electron chi connectivity index (χ0n) is 11.9. The van der Waals surface area contributed by atoms with Crippen molar-refractivity contribution in [3.05, 3.63) is 29.3 Å². The molecule has 1 fully saturated rings. The zero-order chi connectivity index (χ0) is 14.5. The molecule has 1 N–H and O–H groups in total. The second-order valence-electron chi connectivity index (χ2n) is 5.46. The Kier molecular flexibility index (Phi) is 5.31. The van der Waals surface area contributed by atoms with Gasteiger partial charge in [-0.15, -0.1) is 0 Å². The van der Waals surface area contributed by atoms with Crippen LogP contribution < -0.4 is 10.1 Å². The average molecular weight is 285 g/mol. The molecular weight excluding hydrogens is 264 g/mol. The number of rotatable bonds is 6. The molecule has 3 nitrogen and oxygen atoms in total. The van der Waals surface area contributed by atoms with Gasteiger partial charge in [-0.2, -0.15) is 0 Å². The van der Waals surface area contributed by atoms with Gasteiger partial charge in [0.25, 0.3) is 0 Å². The second kappa shape index (κ2) is 6.99. The number of halogens is 2. The van der Waals surface area contributed by atoms with Crippen molar-refractivity contribution >= 4 is 0 Å². The standard InChI is InChI=1S/C15H21F2NO2/c1-10(2)18-7-12-5-13(16)15(14(17)6-12)20-9-11-3-4-19-8-11/h5-6,10-11,18H,3-4,7-9H2,1-2H3. The number of ether oxygens (including phenoxy) is 2. The highest BCUT2D eigenvalue weighted by atomic mass is 19.1. The summed E-state index contributed by atoms with van der Waals surface area (Å²) in [5.41, 5.74) is 0.574. The van der Waals surface area contributed by atoms with Gasteiger partial charge in [0, 0.05) is 25.1 Å². The van der Waals surface area contributed by atoms with Gasteiger partial charge < -0.3 is 14.8 Å². The highest BCUT2D eigenvalue weighted by molar-refractivity contribution is 5.31. The number of hydrogen-bond acceptors (Lipinski definition) is 3. The first-order chi connectivity index (χ1) is 9.56. The van der Waals surface area contributed by atoms with E-state index >= 15 is 0 Å². The molecule has 1 aliphatic heterocycles. The molecule has 112 valence electrons. The van der Waals surface area contributed by atoms with Crippen molar-refractivity contribution in [2.75, 3.05) is 19.8 Å². The van der Waals surface area contributed by atoms with Crippen LogP contribution in [0.1, 0.15) is 25.8 Å². The first-order valence-corrected chi connectivity index (χ1v) is 6.98. The third-order valence-corrected chi connectivity index (χ3v) is 3.26. The van der Waals surface area contributed by atoms with Gasteiger partial charge in [-0.3, -0.25) is 0 Å². The fourth-order valence-electron chi connectivity index (χ4n) is 2.09. The van der Waals surface area contributed by atoms with Crippen LogP contribution in [-0.4, -0.2) is 25.9 Å². The predicted octanol–water partition coefficient (Wildman–Crippen LogP) is 2.88. The van der Waals surface area contributed by atoms with Gasteiger partial charge in [-0.1, -0.05) is 13.8 Å². The van der Waals surface area contributed by atoms with Gasteiger partial charge in [0.1, 0.15) is 0 Å². The Morgan fingerprint density at radius 1 is 1.35 bits per heavy atom. The highest BCUT2D eigenvalue weighted by Crippen LogP contribution is 2.25. The molecular formula is C15H21F2NO2. The van der Waals surface area contributed by atoms with Gasteiger partial charge in [-0.05, 0) is 24.1 Å². The molecule has 20 heavy (non-hydrogen) atoms. The van der Waals surface area contributed by atoms with Crippen LogP contribution in [0.25, 0.3) is 0 Å². The van der Waals surface area contributed by atoms with E-state index in [2.05, 4.69) is 5.32 Å². The van der Waals surface area contributed by atoms with Gasteiger partial charge in [-0.25, -0.2) is 8.78 Å². The monoisotopic (exact) mass is 285 g/mol. The Bertz CT molecular complexity index is 422. The molecule has 5 heteroatoms. The zero-order valence-corrected chi connectivity index (χ0v) is 11.9. The molecule has 1 aromatic rings. The summed E-state index contributed by atoms with van der Waals surface area (Å²) in [5, 5.41) is 3.12. The van der Waals surface area contributed by atoms with Crippen LogP contribution in [0.3, 0.4) is 0 Å². The van der Waals surface area contributed by atoms with Crippen LogP contribution in [0, 0.1) is 17.6 Å².